The molecule has 0 aliphatic rings. The lowest BCUT2D eigenvalue weighted by Gasteiger charge is -2.28. The Hall–Kier alpha value is -3.80. The number of carbonyl (C=O) groups is 1. The number of ether oxygens (including phenoxy) is 2. The molecule has 0 heterocycles. The Labute approximate surface area is 233 Å². The largest absolute Gasteiger partial charge is 0.507 e. The van der Waals surface area contributed by atoms with Gasteiger partial charge in [-0.1, -0.05) is 84.0 Å². The van der Waals surface area contributed by atoms with E-state index < -0.39 is 0 Å². The summed E-state index contributed by atoms with van der Waals surface area (Å²) in [5, 5.41) is 15.1. The van der Waals surface area contributed by atoms with Crippen molar-refractivity contribution in [1.82, 2.24) is 5.43 Å². The third-order valence-corrected chi connectivity index (χ3v) is 6.33. The average molecular weight is 531 g/mol. The standard InChI is InChI=1S/C33H42N2O4/c1-8-38-29-20-25(14-16-28(29)39-22-23-12-10-9-11-13-23)21-34-35-30(36)17-15-24-18-26(32(2,3)4)31(37)27(19-24)33(5,6)7/h9-14,16,18-21,37H,8,15,17,22H2,1-7H3,(H,35,36)/b34-21-. The number of hydrogen-bond acceptors (Lipinski definition) is 5. The summed E-state index contributed by atoms with van der Waals surface area (Å²) in [7, 11) is 0. The van der Waals surface area contributed by atoms with Crippen molar-refractivity contribution < 1.29 is 19.4 Å². The molecule has 0 aliphatic carbocycles. The molecule has 2 N–H and O–H groups in total. The van der Waals surface area contributed by atoms with Crippen molar-refractivity contribution in [2.75, 3.05) is 6.61 Å². The van der Waals surface area contributed by atoms with Crippen LogP contribution in [-0.4, -0.2) is 23.8 Å². The second-order valence-electron chi connectivity index (χ2n) is 11.7. The fourth-order valence-electron chi connectivity index (χ4n) is 4.20. The molecular weight excluding hydrogens is 488 g/mol. The Bertz CT molecular complexity index is 1250. The van der Waals surface area contributed by atoms with Gasteiger partial charge in [0.1, 0.15) is 12.4 Å². The van der Waals surface area contributed by atoms with Crippen LogP contribution in [0.15, 0.2) is 65.8 Å². The predicted molar refractivity (Wildman–Crippen MR) is 158 cm³/mol. The molecular formula is C33H42N2O4. The van der Waals surface area contributed by atoms with Gasteiger partial charge in [-0.15, -0.1) is 0 Å². The molecule has 3 aromatic rings. The lowest BCUT2D eigenvalue weighted by Crippen LogP contribution is -2.20. The summed E-state index contributed by atoms with van der Waals surface area (Å²) in [6, 6.07) is 19.5. The minimum atomic E-state index is -0.213. The number of aryl methyl sites for hydroxylation is 1. The van der Waals surface area contributed by atoms with Gasteiger partial charge < -0.3 is 14.6 Å². The Morgan fingerprint density at radius 2 is 1.51 bits per heavy atom. The number of phenolic OH excluding ortho intramolecular Hbond substituents is 1. The van der Waals surface area contributed by atoms with Gasteiger partial charge in [0.25, 0.3) is 0 Å². The smallest absolute Gasteiger partial charge is 0.240 e. The van der Waals surface area contributed by atoms with Gasteiger partial charge in [0.2, 0.25) is 5.91 Å². The first-order valence-corrected chi connectivity index (χ1v) is 13.5. The zero-order chi connectivity index (χ0) is 28.6. The Morgan fingerprint density at radius 1 is 0.872 bits per heavy atom. The maximum atomic E-state index is 12.6. The number of amides is 1. The van der Waals surface area contributed by atoms with Crippen molar-refractivity contribution in [1.29, 1.82) is 0 Å². The molecule has 0 saturated heterocycles. The predicted octanol–water partition coefficient (Wildman–Crippen LogP) is 7.05. The van der Waals surface area contributed by atoms with Crippen LogP contribution in [0.5, 0.6) is 17.2 Å². The summed E-state index contributed by atoms with van der Waals surface area (Å²) in [6.45, 7) is 15.4. The van der Waals surface area contributed by atoms with E-state index in [0.29, 0.717) is 36.9 Å². The summed E-state index contributed by atoms with van der Waals surface area (Å²) in [5.41, 5.74) is 6.87. The summed E-state index contributed by atoms with van der Waals surface area (Å²) in [4.78, 5) is 12.6. The molecule has 0 aromatic heterocycles. The molecule has 6 heteroatoms. The second kappa shape index (κ2) is 12.8. The van der Waals surface area contributed by atoms with Gasteiger partial charge in [0.15, 0.2) is 11.5 Å². The van der Waals surface area contributed by atoms with Gasteiger partial charge in [0.05, 0.1) is 12.8 Å². The Kier molecular flexibility index (Phi) is 9.79. The van der Waals surface area contributed by atoms with Crippen LogP contribution in [-0.2, 0) is 28.7 Å². The van der Waals surface area contributed by atoms with E-state index in [2.05, 4.69) is 52.1 Å². The molecule has 6 nitrogen and oxygen atoms in total. The molecule has 0 aliphatic heterocycles. The molecule has 0 fully saturated rings. The molecule has 0 unspecified atom stereocenters. The number of nitrogens with zero attached hydrogens (tertiary/aromatic N) is 1. The molecule has 208 valence electrons. The number of hydrazone groups is 1. The molecule has 0 bridgehead atoms. The molecule has 0 atom stereocenters. The van der Waals surface area contributed by atoms with E-state index in [1.807, 2.05) is 67.6 Å². The van der Waals surface area contributed by atoms with Gasteiger partial charge in [-0.3, -0.25) is 4.79 Å². The summed E-state index contributed by atoms with van der Waals surface area (Å²) in [6.07, 6.45) is 2.43. The van der Waals surface area contributed by atoms with Crippen LogP contribution in [0.3, 0.4) is 0 Å². The maximum Gasteiger partial charge on any atom is 0.240 e. The summed E-state index contributed by atoms with van der Waals surface area (Å²) < 4.78 is 11.7. The van der Waals surface area contributed by atoms with Crippen LogP contribution in [0, 0.1) is 0 Å². The molecule has 0 spiro atoms. The van der Waals surface area contributed by atoms with Gasteiger partial charge in [-0.25, -0.2) is 5.43 Å². The van der Waals surface area contributed by atoms with E-state index in [1.54, 1.807) is 6.21 Å². The number of hydrogen-bond donors (Lipinski definition) is 2. The van der Waals surface area contributed by atoms with E-state index in [9.17, 15) is 9.90 Å². The van der Waals surface area contributed by atoms with Gasteiger partial charge in [0, 0.05) is 6.42 Å². The van der Waals surface area contributed by atoms with Crippen LogP contribution >= 0.6 is 0 Å². The minimum absolute atomic E-state index is 0.179. The maximum absolute atomic E-state index is 12.6. The number of nitrogens with one attached hydrogen (secondary N) is 1. The van der Waals surface area contributed by atoms with Crippen molar-refractivity contribution >= 4 is 12.1 Å². The summed E-state index contributed by atoms with van der Waals surface area (Å²) in [5.74, 6) is 1.44. The number of aromatic hydroxyl groups is 1. The lowest BCUT2D eigenvalue weighted by molar-refractivity contribution is -0.121. The highest BCUT2D eigenvalue weighted by Gasteiger charge is 2.26. The first kappa shape index (κ1) is 29.8. The molecule has 0 radical (unpaired) electrons. The third kappa shape index (κ3) is 8.60. The van der Waals surface area contributed by atoms with Crippen molar-refractivity contribution in [2.45, 2.75) is 78.7 Å². The number of carbonyl (C=O) groups excluding carboxylic acids is 1. The molecule has 1 amide bonds. The second-order valence-corrected chi connectivity index (χ2v) is 11.7. The van der Waals surface area contributed by atoms with Gasteiger partial charge in [-0.2, -0.15) is 5.10 Å². The first-order chi connectivity index (χ1) is 18.4. The zero-order valence-corrected chi connectivity index (χ0v) is 24.3. The Morgan fingerprint density at radius 3 is 2.10 bits per heavy atom. The van der Waals surface area contributed by atoms with Crippen molar-refractivity contribution in [3.63, 3.8) is 0 Å². The third-order valence-electron chi connectivity index (χ3n) is 6.33. The fourth-order valence-corrected chi connectivity index (χ4v) is 4.20. The highest BCUT2D eigenvalue weighted by Crippen LogP contribution is 2.40. The molecule has 39 heavy (non-hydrogen) atoms. The van der Waals surface area contributed by atoms with E-state index in [1.165, 1.54) is 0 Å². The topological polar surface area (TPSA) is 80.2 Å². The van der Waals surface area contributed by atoms with Crippen LogP contribution in [0.4, 0.5) is 0 Å². The number of rotatable bonds is 10. The fraction of sp³-hybridized carbons (Fsp3) is 0.394. The summed E-state index contributed by atoms with van der Waals surface area (Å²) >= 11 is 0. The highest BCUT2D eigenvalue weighted by molar-refractivity contribution is 5.83. The quantitative estimate of drug-likeness (QED) is 0.217. The van der Waals surface area contributed by atoms with Crippen LogP contribution in [0.2, 0.25) is 0 Å². The first-order valence-electron chi connectivity index (χ1n) is 13.5. The Balaban J connectivity index is 1.63. The SMILES string of the molecule is CCOc1cc(/C=N\NC(=O)CCc2cc(C(C)(C)C)c(O)c(C(C)(C)C)c2)ccc1OCc1ccccc1. The van der Waals surface area contributed by atoms with Gasteiger partial charge in [-0.05, 0) is 70.2 Å². The van der Waals surface area contributed by atoms with E-state index >= 15 is 0 Å². The van der Waals surface area contributed by atoms with Crippen molar-refractivity contribution in [2.24, 2.45) is 5.10 Å². The minimum Gasteiger partial charge on any atom is -0.507 e. The van der Waals surface area contributed by atoms with E-state index in [0.717, 1.165) is 27.8 Å². The van der Waals surface area contributed by atoms with Crippen molar-refractivity contribution in [3.05, 3.63) is 88.5 Å². The van der Waals surface area contributed by atoms with E-state index in [-0.39, 0.29) is 23.2 Å². The molecule has 3 rings (SSSR count). The normalized spacial score (nSPS) is 12.0. The van der Waals surface area contributed by atoms with Crippen LogP contribution in [0.25, 0.3) is 0 Å². The highest BCUT2D eigenvalue weighted by atomic mass is 16.5. The molecule has 0 saturated carbocycles. The van der Waals surface area contributed by atoms with Gasteiger partial charge >= 0.3 is 0 Å². The lowest BCUT2D eigenvalue weighted by atomic mass is 9.78. The van der Waals surface area contributed by atoms with Crippen LogP contribution < -0.4 is 14.9 Å². The monoisotopic (exact) mass is 530 g/mol. The number of phenols is 1. The van der Waals surface area contributed by atoms with Crippen molar-refractivity contribution in [3.8, 4) is 17.2 Å². The van der Waals surface area contributed by atoms with E-state index in [4.69, 9.17) is 9.47 Å². The van der Waals surface area contributed by atoms with Crippen LogP contribution in [0.1, 0.15) is 82.7 Å². The number of benzene rings is 3. The zero-order valence-electron chi connectivity index (χ0n) is 24.3. The average Bonchev–Trinajstić information content (AvgIpc) is 2.87. The molecule has 3 aromatic carbocycles.